The second-order valence-electron chi connectivity index (χ2n) is 11.6. The summed E-state index contributed by atoms with van der Waals surface area (Å²) in [5.74, 6) is 0.570. The number of rotatable bonds is 6. The van der Waals surface area contributed by atoms with E-state index in [0.29, 0.717) is 5.89 Å². The van der Waals surface area contributed by atoms with Gasteiger partial charge < -0.3 is 13.7 Å². The molecule has 222 valence electrons. The lowest BCUT2D eigenvalue weighted by atomic mass is 10.0. The summed E-state index contributed by atoms with van der Waals surface area (Å²) < 4.78 is 12.8. The van der Waals surface area contributed by atoms with E-state index < -0.39 is 0 Å². The van der Waals surface area contributed by atoms with Gasteiger partial charge >= 0.3 is 0 Å². The van der Waals surface area contributed by atoms with Crippen molar-refractivity contribution in [1.82, 2.24) is 4.98 Å². The van der Waals surface area contributed by atoms with Crippen LogP contribution in [0, 0.1) is 0 Å². The molecule has 0 saturated heterocycles. The van der Waals surface area contributed by atoms with Gasteiger partial charge in [0, 0.05) is 22.3 Å². The average Bonchev–Trinajstić information content (AvgIpc) is 3.75. The van der Waals surface area contributed by atoms with E-state index in [2.05, 4.69) is 120 Å². The highest BCUT2D eigenvalue weighted by Crippen LogP contribution is 2.46. The molecule has 0 amide bonds. The Morgan fingerprint density at radius 2 is 0.894 bits per heavy atom. The number of fused-ring (bicyclic) bond motifs is 4. The second-order valence-corrected chi connectivity index (χ2v) is 11.6. The molecule has 2 aromatic heterocycles. The molecule has 9 rings (SSSR count). The molecule has 2 heterocycles. The van der Waals surface area contributed by atoms with Gasteiger partial charge in [0.25, 0.3) is 0 Å². The number of hydrogen-bond donors (Lipinski definition) is 0. The summed E-state index contributed by atoms with van der Waals surface area (Å²) in [5.41, 5.74) is 11.8. The summed E-state index contributed by atoms with van der Waals surface area (Å²) >= 11 is 0. The average molecular weight is 605 g/mol. The fourth-order valence-electron chi connectivity index (χ4n) is 6.49. The molecule has 4 nitrogen and oxygen atoms in total. The number of benzene rings is 7. The first kappa shape index (κ1) is 27.0. The van der Waals surface area contributed by atoms with Crippen LogP contribution in [0.3, 0.4) is 0 Å². The van der Waals surface area contributed by atoms with Crippen molar-refractivity contribution >= 4 is 50.1 Å². The van der Waals surface area contributed by atoms with Crippen LogP contribution in [0.2, 0.25) is 0 Å². The molecule has 4 heteroatoms. The highest BCUT2D eigenvalue weighted by Gasteiger charge is 2.23. The molecule has 0 saturated carbocycles. The van der Waals surface area contributed by atoms with Crippen LogP contribution >= 0.6 is 0 Å². The normalized spacial score (nSPS) is 11.4. The molecular weight excluding hydrogens is 576 g/mol. The van der Waals surface area contributed by atoms with E-state index in [1.807, 2.05) is 54.6 Å². The molecule has 0 atom stereocenters. The lowest BCUT2D eigenvalue weighted by Crippen LogP contribution is -2.10. The fraction of sp³-hybridized carbons (Fsp3) is 0. The Kier molecular flexibility index (Phi) is 6.43. The Morgan fingerprint density at radius 3 is 1.51 bits per heavy atom. The summed E-state index contributed by atoms with van der Waals surface area (Å²) in [6.45, 7) is 0. The Morgan fingerprint density at radius 1 is 0.383 bits per heavy atom. The quantitative estimate of drug-likeness (QED) is 0.189. The molecular formula is C43H28N2O2. The second kappa shape index (κ2) is 11.2. The molecule has 0 aliphatic rings. The number of nitrogens with zero attached hydrogens (tertiary/aromatic N) is 2. The highest BCUT2D eigenvalue weighted by atomic mass is 16.3. The maximum Gasteiger partial charge on any atom is 0.228 e. The zero-order valence-electron chi connectivity index (χ0n) is 25.4. The number of aromatic nitrogens is 1. The van der Waals surface area contributed by atoms with Gasteiger partial charge in [-0.1, -0.05) is 109 Å². The third-order valence-electron chi connectivity index (χ3n) is 8.73. The minimum atomic E-state index is 0.570. The van der Waals surface area contributed by atoms with Crippen molar-refractivity contribution in [3.8, 4) is 33.7 Å². The van der Waals surface area contributed by atoms with E-state index >= 15 is 0 Å². The van der Waals surface area contributed by atoms with Crippen molar-refractivity contribution in [2.75, 3.05) is 4.90 Å². The number of anilines is 3. The summed E-state index contributed by atoms with van der Waals surface area (Å²) in [4.78, 5) is 7.17. The van der Waals surface area contributed by atoms with Gasteiger partial charge in [0.1, 0.15) is 16.7 Å². The number of para-hydroxylation sites is 2. The van der Waals surface area contributed by atoms with Crippen LogP contribution in [0.15, 0.2) is 179 Å². The standard InChI is InChI=1S/C43H28N2O2/c1-3-11-29(12-4-1)31-21-25-33(26-22-31)45(34-27-23-32(24-28-34)30-13-5-2-6-14-30)37-17-10-20-40-42(37)41-35(15-9-19-39(41)46-40)43-44-36-16-7-8-18-38(36)47-43/h1-28H. The first-order chi connectivity index (χ1) is 23.3. The van der Waals surface area contributed by atoms with E-state index in [1.165, 1.54) is 22.3 Å². The Balaban J connectivity index is 1.26. The van der Waals surface area contributed by atoms with E-state index in [9.17, 15) is 0 Å². The molecule has 0 unspecified atom stereocenters. The first-order valence-electron chi connectivity index (χ1n) is 15.7. The zero-order valence-corrected chi connectivity index (χ0v) is 25.4. The monoisotopic (exact) mass is 604 g/mol. The molecule has 7 aromatic carbocycles. The predicted molar refractivity (Wildman–Crippen MR) is 192 cm³/mol. The predicted octanol–water partition coefficient (Wildman–Crippen LogP) is 12.2. The zero-order chi connectivity index (χ0) is 31.2. The Bertz CT molecular complexity index is 2380. The van der Waals surface area contributed by atoms with Gasteiger partial charge in [-0.25, -0.2) is 4.98 Å². The third-order valence-corrected chi connectivity index (χ3v) is 8.73. The first-order valence-corrected chi connectivity index (χ1v) is 15.7. The molecule has 0 aliphatic heterocycles. The molecule has 0 N–H and O–H groups in total. The fourth-order valence-corrected chi connectivity index (χ4v) is 6.49. The van der Waals surface area contributed by atoms with Crippen LogP contribution in [-0.4, -0.2) is 4.98 Å². The summed E-state index contributed by atoms with van der Waals surface area (Å²) in [6, 6.07) is 58.6. The maximum absolute atomic E-state index is 6.51. The molecule has 0 spiro atoms. The van der Waals surface area contributed by atoms with Crippen molar-refractivity contribution in [2.24, 2.45) is 0 Å². The van der Waals surface area contributed by atoms with Crippen molar-refractivity contribution in [2.45, 2.75) is 0 Å². The SMILES string of the molecule is c1ccc(-c2ccc(N(c3ccc(-c4ccccc4)cc3)c3cccc4oc5cccc(-c6nc7ccccc7o6)c5c34)cc2)cc1. The Hall–Kier alpha value is -6.39. The van der Waals surface area contributed by atoms with Crippen molar-refractivity contribution in [1.29, 1.82) is 0 Å². The molecule has 0 aliphatic carbocycles. The Labute approximate surface area is 271 Å². The molecule has 0 fully saturated rings. The summed E-state index contributed by atoms with van der Waals surface area (Å²) in [5, 5.41) is 1.97. The minimum Gasteiger partial charge on any atom is -0.456 e. The van der Waals surface area contributed by atoms with Crippen molar-refractivity contribution < 1.29 is 8.83 Å². The molecule has 0 bridgehead atoms. The van der Waals surface area contributed by atoms with Crippen molar-refractivity contribution in [3.05, 3.63) is 170 Å². The lowest BCUT2D eigenvalue weighted by Gasteiger charge is -2.27. The van der Waals surface area contributed by atoms with Crippen molar-refractivity contribution in [3.63, 3.8) is 0 Å². The maximum atomic E-state index is 6.51. The van der Waals surface area contributed by atoms with Crippen LogP contribution in [0.4, 0.5) is 17.1 Å². The number of hydrogen-bond acceptors (Lipinski definition) is 4. The molecule has 9 aromatic rings. The topological polar surface area (TPSA) is 42.4 Å². The van der Waals surface area contributed by atoms with Crippen LogP contribution in [0.5, 0.6) is 0 Å². The summed E-state index contributed by atoms with van der Waals surface area (Å²) in [6.07, 6.45) is 0. The lowest BCUT2D eigenvalue weighted by molar-refractivity contribution is 0.620. The smallest absolute Gasteiger partial charge is 0.228 e. The molecule has 47 heavy (non-hydrogen) atoms. The van der Waals surface area contributed by atoms with E-state index in [4.69, 9.17) is 13.8 Å². The van der Waals surface area contributed by atoms with E-state index in [-0.39, 0.29) is 0 Å². The number of oxazole rings is 1. The van der Waals surface area contributed by atoms with E-state index in [0.717, 1.165) is 55.7 Å². The largest absolute Gasteiger partial charge is 0.456 e. The third kappa shape index (κ3) is 4.75. The van der Waals surface area contributed by atoms with Crippen LogP contribution in [0.1, 0.15) is 0 Å². The minimum absolute atomic E-state index is 0.570. The van der Waals surface area contributed by atoms with Gasteiger partial charge in [-0.05, 0) is 82.9 Å². The van der Waals surface area contributed by atoms with Gasteiger partial charge in [-0.15, -0.1) is 0 Å². The van der Waals surface area contributed by atoms with Gasteiger partial charge in [-0.2, -0.15) is 0 Å². The summed E-state index contributed by atoms with van der Waals surface area (Å²) in [7, 11) is 0. The van der Waals surface area contributed by atoms with Gasteiger partial charge in [0.2, 0.25) is 5.89 Å². The van der Waals surface area contributed by atoms with Gasteiger partial charge in [0.05, 0.1) is 11.1 Å². The van der Waals surface area contributed by atoms with E-state index in [1.54, 1.807) is 0 Å². The van der Waals surface area contributed by atoms with Gasteiger partial charge in [0.15, 0.2) is 5.58 Å². The van der Waals surface area contributed by atoms with Gasteiger partial charge in [-0.3, -0.25) is 0 Å². The highest BCUT2D eigenvalue weighted by molar-refractivity contribution is 6.18. The number of furan rings is 1. The van der Waals surface area contributed by atoms with Crippen LogP contribution < -0.4 is 4.90 Å². The molecule has 0 radical (unpaired) electrons. The van der Waals surface area contributed by atoms with Crippen LogP contribution in [0.25, 0.3) is 66.7 Å². The van der Waals surface area contributed by atoms with Crippen LogP contribution in [-0.2, 0) is 0 Å².